The Morgan fingerprint density at radius 3 is 2.54 bits per heavy atom. The van der Waals surface area contributed by atoms with E-state index in [0.29, 0.717) is 13.1 Å². The number of benzene rings is 1. The summed E-state index contributed by atoms with van der Waals surface area (Å²) >= 11 is 0. The number of rotatable bonds is 5. The van der Waals surface area contributed by atoms with Gasteiger partial charge in [-0.15, -0.1) is 0 Å². The van der Waals surface area contributed by atoms with Crippen molar-refractivity contribution in [3.63, 3.8) is 0 Å². The minimum atomic E-state index is 0.0494. The highest BCUT2D eigenvalue weighted by Crippen LogP contribution is 2.24. The second kappa shape index (κ2) is 7.94. The van der Waals surface area contributed by atoms with Gasteiger partial charge >= 0.3 is 0 Å². The van der Waals surface area contributed by atoms with Crippen LogP contribution in [0, 0.1) is 5.92 Å². The van der Waals surface area contributed by atoms with Crippen LogP contribution in [0.4, 0.5) is 0 Å². The van der Waals surface area contributed by atoms with Crippen LogP contribution in [0.2, 0.25) is 0 Å². The van der Waals surface area contributed by atoms with Crippen molar-refractivity contribution >= 4 is 22.7 Å². The van der Waals surface area contributed by atoms with E-state index in [-0.39, 0.29) is 17.7 Å². The summed E-state index contributed by atoms with van der Waals surface area (Å²) in [4.78, 5) is 29.2. The van der Waals surface area contributed by atoms with E-state index in [0.717, 1.165) is 48.8 Å². The predicted octanol–water partition coefficient (Wildman–Crippen LogP) is 3.29. The van der Waals surface area contributed by atoms with Crippen LogP contribution in [0.3, 0.4) is 0 Å². The molecule has 2 heterocycles. The molecular weight excluding hydrogens is 326 g/mol. The first-order valence-electron chi connectivity index (χ1n) is 9.61. The second-order valence-corrected chi connectivity index (χ2v) is 7.33. The molecule has 0 saturated carbocycles. The van der Waals surface area contributed by atoms with Gasteiger partial charge in [0.2, 0.25) is 5.91 Å². The van der Waals surface area contributed by atoms with Gasteiger partial charge in [0.25, 0.3) is 5.91 Å². The molecule has 1 fully saturated rings. The Bertz CT molecular complexity index is 788. The lowest BCUT2D eigenvalue weighted by Gasteiger charge is -2.33. The molecule has 0 bridgehead atoms. The van der Waals surface area contributed by atoms with Crippen LogP contribution in [-0.2, 0) is 11.8 Å². The smallest absolute Gasteiger partial charge is 0.270 e. The molecule has 2 aromatic rings. The Hall–Kier alpha value is -2.30. The summed E-state index contributed by atoms with van der Waals surface area (Å²) < 4.78 is 1.97. The second-order valence-electron chi connectivity index (χ2n) is 7.33. The number of amides is 2. The fourth-order valence-corrected chi connectivity index (χ4v) is 3.80. The molecule has 1 aliphatic heterocycles. The Labute approximate surface area is 155 Å². The molecule has 5 nitrogen and oxygen atoms in total. The molecule has 2 amide bonds. The molecule has 0 spiro atoms. The summed E-state index contributed by atoms with van der Waals surface area (Å²) in [6.07, 6.45) is 3.65. The number of likely N-dealkylation sites (tertiary alicyclic amines) is 1. The first-order valence-corrected chi connectivity index (χ1v) is 9.61. The van der Waals surface area contributed by atoms with Crippen molar-refractivity contribution in [1.29, 1.82) is 0 Å². The molecule has 0 N–H and O–H groups in total. The van der Waals surface area contributed by atoms with Crippen molar-refractivity contribution < 1.29 is 9.59 Å². The molecule has 26 heavy (non-hydrogen) atoms. The fraction of sp³-hybridized carbons (Fsp3) is 0.524. The largest absolute Gasteiger partial charge is 0.346 e. The van der Waals surface area contributed by atoms with Crippen molar-refractivity contribution in [2.75, 3.05) is 26.7 Å². The minimum absolute atomic E-state index is 0.0494. The van der Waals surface area contributed by atoms with Gasteiger partial charge in [-0.05, 0) is 31.4 Å². The highest BCUT2D eigenvalue weighted by molar-refractivity contribution is 5.98. The van der Waals surface area contributed by atoms with E-state index in [1.54, 1.807) is 0 Å². The monoisotopic (exact) mass is 355 g/mol. The maximum absolute atomic E-state index is 13.0. The maximum atomic E-state index is 13.0. The van der Waals surface area contributed by atoms with Gasteiger partial charge in [0.05, 0.1) is 0 Å². The van der Waals surface area contributed by atoms with E-state index in [2.05, 4.69) is 6.92 Å². The van der Waals surface area contributed by atoms with Crippen molar-refractivity contribution in [3.05, 3.63) is 36.0 Å². The third-order valence-electron chi connectivity index (χ3n) is 5.53. The van der Waals surface area contributed by atoms with E-state index in [1.807, 2.05) is 58.8 Å². The molecule has 1 aromatic carbocycles. The normalized spacial score (nSPS) is 15.4. The standard InChI is InChI=1S/C21H29N3O2/c1-4-5-12-22(2)20(25)16-10-13-24(14-11-16)21(26)19-15-17-8-6-7-9-18(17)23(19)3/h6-9,15-16H,4-5,10-14H2,1-3H3. The van der Waals surface area contributed by atoms with Gasteiger partial charge in [-0.25, -0.2) is 0 Å². The summed E-state index contributed by atoms with van der Waals surface area (Å²) in [7, 11) is 3.83. The molecule has 5 heteroatoms. The molecule has 0 aliphatic carbocycles. The van der Waals surface area contributed by atoms with Crippen molar-refractivity contribution in [3.8, 4) is 0 Å². The highest BCUT2D eigenvalue weighted by Gasteiger charge is 2.30. The highest BCUT2D eigenvalue weighted by atomic mass is 16.2. The molecular formula is C21H29N3O2. The molecule has 0 atom stereocenters. The molecule has 0 unspecified atom stereocenters. The van der Waals surface area contributed by atoms with Crippen LogP contribution in [0.25, 0.3) is 10.9 Å². The number of piperidine rings is 1. The van der Waals surface area contributed by atoms with Gasteiger partial charge in [0, 0.05) is 50.6 Å². The first kappa shape index (κ1) is 18.5. The van der Waals surface area contributed by atoms with Gasteiger partial charge in [-0.3, -0.25) is 9.59 Å². The average Bonchev–Trinajstić information content (AvgIpc) is 3.02. The number of fused-ring (bicyclic) bond motifs is 1. The van der Waals surface area contributed by atoms with E-state index in [4.69, 9.17) is 0 Å². The molecule has 1 saturated heterocycles. The van der Waals surface area contributed by atoms with Gasteiger partial charge in [-0.1, -0.05) is 31.5 Å². The number of nitrogens with zero attached hydrogens (tertiary/aromatic N) is 3. The number of hydrogen-bond donors (Lipinski definition) is 0. The fourth-order valence-electron chi connectivity index (χ4n) is 3.80. The van der Waals surface area contributed by atoms with Gasteiger partial charge in [-0.2, -0.15) is 0 Å². The van der Waals surface area contributed by atoms with E-state index in [9.17, 15) is 9.59 Å². The lowest BCUT2D eigenvalue weighted by molar-refractivity contribution is -0.135. The number of hydrogen-bond acceptors (Lipinski definition) is 2. The van der Waals surface area contributed by atoms with Crippen LogP contribution in [-0.4, -0.2) is 52.9 Å². The van der Waals surface area contributed by atoms with Crippen LogP contribution in [0.5, 0.6) is 0 Å². The van der Waals surface area contributed by atoms with Crippen LogP contribution < -0.4 is 0 Å². The third kappa shape index (κ3) is 3.62. The lowest BCUT2D eigenvalue weighted by Crippen LogP contribution is -2.44. The topological polar surface area (TPSA) is 45.6 Å². The Morgan fingerprint density at radius 1 is 1.19 bits per heavy atom. The molecule has 0 radical (unpaired) electrons. The number of para-hydroxylation sites is 1. The van der Waals surface area contributed by atoms with Crippen molar-refractivity contribution in [2.24, 2.45) is 13.0 Å². The average molecular weight is 355 g/mol. The number of aryl methyl sites for hydroxylation is 1. The number of aromatic nitrogens is 1. The quantitative estimate of drug-likeness (QED) is 0.826. The maximum Gasteiger partial charge on any atom is 0.270 e. The summed E-state index contributed by atoms with van der Waals surface area (Å²) in [6.45, 7) is 4.26. The number of carbonyl (C=O) groups is 2. The minimum Gasteiger partial charge on any atom is -0.346 e. The number of unbranched alkanes of at least 4 members (excludes halogenated alkanes) is 1. The number of carbonyl (C=O) groups excluding carboxylic acids is 2. The van der Waals surface area contributed by atoms with E-state index >= 15 is 0 Å². The lowest BCUT2D eigenvalue weighted by atomic mass is 9.95. The zero-order valence-electron chi connectivity index (χ0n) is 16.1. The SMILES string of the molecule is CCCCN(C)C(=O)C1CCN(C(=O)c2cc3ccccc3n2C)CC1. The molecule has 140 valence electrons. The predicted molar refractivity (Wildman–Crippen MR) is 104 cm³/mol. The van der Waals surface area contributed by atoms with E-state index in [1.165, 1.54) is 0 Å². The van der Waals surface area contributed by atoms with Crippen LogP contribution in [0.1, 0.15) is 43.1 Å². The zero-order valence-corrected chi connectivity index (χ0v) is 16.1. The Morgan fingerprint density at radius 2 is 1.88 bits per heavy atom. The summed E-state index contributed by atoms with van der Waals surface area (Å²) in [5, 5.41) is 1.08. The molecule has 1 aliphatic rings. The van der Waals surface area contributed by atoms with Gasteiger partial charge in [0.1, 0.15) is 5.69 Å². The molecule has 3 rings (SSSR count). The molecule has 1 aromatic heterocycles. The third-order valence-corrected chi connectivity index (χ3v) is 5.53. The van der Waals surface area contributed by atoms with Crippen LogP contribution in [0.15, 0.2) is 30.3 Å². The van der Waals surface area contributed by atoms with Gasteiger partial charge in [0.15, 0.2) is 0 Å². The summed E-state index contributed by atoms with van der Waals surface area (Å²) in [6, 6.07) is 10.0. The van der Waals surface area contributed by atoms with Crippen LogP contribution >= 0.6 is 0 Å². The van der Waals surface area contributed by atoms with E-state index < -0.39 is 0 Å². The van der Waals surface area contributed by atoms with Crippen molar-refractivity contribution in [2.45, 2.75) is 32.6 Å². The first-order chi connectivity index (χ1) is 12.5. The summed E-state index contributed by atoms with van der Waals surface area (Å²) in [5.41, 5.74) is 1.79. The Kier molecular flexibility index (Phi) is 5.64. The van der Waals surface area contributed by atoms with Crippen molar-refractivity contribution in [1.82, 2.24) is 14.4 Å². The zero-order chi connectivity index (χ0) is 18.7. The Balaban J connectivity index is 1.63. The van der Waals surface area contributed by atoms with Gasteiger partial charge < -0.3 is 14.4 Å². The summed E-state index contributed by atoms with van der Waals surface area (Å²) in [5.74, 6) is 0.345.